The van der Waals surface area contributed by atoms with Crippen molar-refractivity contribution >= 4 is 30.0 Å². The second-order valence-electron chi connectivity index (χ2n) is 9.70. The van der Waals surface area contributed by atoms with Gasteiger partial charge in [-0.05, 0) is 56.0 Å². The zero-order valence-electron chi connectivity index (χ0n) is 20.2. The maximum atomic E-state index is 13.5. The fourth-order valence-corrected chi connectivity index (χ4v) is 5.20. The summed E-state index contributed by atoms with van der Waals surface area (Å²) in [6.45, 7) is 6.63. The van der Waals surface area contributed by atoms with Crippen molar-refractivity contribution in [3.63, 3.8) is 0 Å². The summed E-state index contributed by atoms with van der Waals surface area (Å²) in [5.41, 5.74) is 4.00. The van der Waals surface area contributed by atoms with Gasteiger partial charge in [0.25, 0.3) is 0 Å². The molecule has 5 rings (SSSR count). The molecule has 1 aliphatic carbocycles. The lowest BCUT2D eigenvalue weighted by Crippen LogP contribution is -2.38. The number of amides is 2. The first kappa shape index (κ1) is 23.0. The van der Waals surface area contributed by atoms with Crippen LogP contribution >= 0.6 is 0 Å². The quantitative estimate of drug-likeness (QED) is 0.507. The van der Waals surface area contributed by atoms with Crippen LogP contribution in [0.2, 0.25) is 0 Å². The van der Waals surface area contributed by atoms with Gasteiger partial charge in [-0.1, -0.05) is 24.3 Å². The molecule has 0 unspecified atom stereocenters. The van der Waals surface area contributed by atoms with Crippen LogP contribution < -0.4 is 10.2 Å². The largest absolute Gasteiger partial charge is 0.312 e. The van der Waals surface area contributed by atoms with Crippen molar-refractivity contribution in [3.8, 4) is 11.1 Å². The van der Waals surface area contributed by atoms with E-state index in [1.165, 1.54) is 0 Å². The van der Waals surface area contributed by atoms with Crippen molar-refractivity contribution < 1.29 is 9.59 Å². The van der Waals surface area contributed by atoms with Gasteiger partial charge in [0.2, 0.25) is 11.8 Å². The summed E-state index contributed by atoms with van der Waals surface area (Å²) in [6, 6.07) is 11.6. The van der Waals surface area contributed by atoms with E-state index in [1.54, 1.807) is 16.9 Å². The number of pyridine rings is 1. The molecule has 2 fully saturated rings. The van der Waals surface area contributed by atoms with E-state index in [0.29, 0.717) is 24.8 Å². The number of carbonyl (C=O) groups excluding carboxylic acids is 2. The Morgan fingerprint density at radius 2 is 2.09 bits per heavy atom. The molecule has 2 aliphatic rings. The molecule has 3 heterocycles. The summed E-state index contributed by atoms with van der Waals surface area (Å²) in [7, 11) is 1.88. The van der Waals surface area contributed by atoms with Crippen LogP contribution in [0.15, 0.2) is 53.8 Å². The molecule has 3 aromatic rings. The monoisotopic (exact) mass is 470 g/mol. The van der Waals surface area contributed by atoms with Gasteiger partial charge in [-0.3, -0.25) is 19.3 Å². The number of carbonyl (C=O) groups is 2. The molecule has 0 bridgehead atoms. The molecule has 35 heavy (non-hydrogen) atoms. The van der Waals surface area contributed by atoms with E-state index in [1.807, 2.05) is 55.4 Å². The maximum absolute atomic E-state index is 13.5. The number of hydrogen-bond acceptors (Lipinski definition) is 5. The van der Waals surface area contributed by atoms with Crippen LogP contribution in [0.1, 0.15) is 30.5 Å². The molecule has 8 nitrogen and oxygen atoms in total. The van der Waals surface area contributed by atoms with E-state index >= 15 is 0 Å². The second kappa shape index (κ2) is 9.09. The highest BCUT2D eigenvalue weighted by Crippen LogP contribution is 2.52. The van der Waals surface area contributed by atoms with Crippen LogP contribution in [0.25, 0.3) is 11.1 Å². The van der Waals surface area contributed by atoms with Crippen molar-refractivity contribution in [1.29, 1.82) is 0 Å². The molecular weight excluding hydrogens is 440 g/mol. The molecule has 1 saturated heterocycles. The summed E-state index contributed by atoms with van der Waals surface area (Å²) in [5, 5.41) is 7.14. The predicted octanol–water partition coefficient (Wildman–Crippen LogP) is 3.81. The van der Waals surface area contributed by atoms with Crippen molar-refractivity contribution in [2.75, 3.05) is 23.3 Å². The Balaban J connectivity index is 1.30. The van der Waals surface area contributed by atoms with Crippen molar-refractivity contribution in [2.24, 2.45) is 23.4 Å². The Kier molecular flexibility index (Phi) is 5.96. The Bertz CT molecular complexity index is 1290. The van der Waals surface area contributed by atoms with Gasteiger partial charge in [-0.25, -0.2) is 4.98 Å². The first-order valence-electron chi connectivity index (χ1n) is 12.0. The number of aliphatic imine (C=N–C) groups is 1. The highest BCUT2D eigenvalue weighted by atomic mass is 16.2. The fourth-order valence-electron chi connectivity index (χ4n) is 5.20. The Hall–Kier alpha value is -3.81. The average Bonchev–Trinajstić information content (AvgIpc) is 3.50. The smallest absolute Gasteiger partial charge is 0.235 e. The van der Waals surface area contributed by atoms with E-state index in [4.69, 9.17) is 0 Å². The molecule has 2 aromatic heterocycles. The van der Waals surface area contributed by atoms with Gasteiger partial charge < -0.3 is 10.2 Å². The summed E-state index contributed by atoms with van der Waals surface area (Å²) in [6.07, 6.45) is 6.91. The minimum Gasteiger partial charge on any atom is -0.312 e. The number of rotatable bonds is 8. The van der Waals surface area contributed by atoms with E-state index in [-0.39, 0.29) is 18.2 Å². The van der Waals surface area contributed by atoms with E-state index in [2.05, 4.69) is 27.1 Å². The first-order valence-corrected chi connectivity index (χ1v) is 12.0. The van der Waals surface area contributed by atoms with Gasteiger partial charge in [0.1, 0.15) is 5.82 Å². The van der Waals surface area contributed by atoms with Crippen LogP contribution in [-0.4, -0.2) is 46.4 Å². The van der Waals surface area contributed by atoms with E-state index < -0.39 is 5.41 Å². The minimum absolute atomic E-state index is 0.113. The Labute approximate surface area is 205 Å². The molecule has 1 aromatic carbocycles. The third kappa shape index (κ3) is 4.60. The van der Waals surface area contributed by atoms with Gasteiger partial charge in [0.05, 0.1) is 24.6 Å². The Morgan fingerprint density at radius 1 is 1.26 bits per heavy atom. The van der Waals surface area contributed by atoms with Crippen molar-refractivity contribution in [3.05, 3.63) is 60.0 Å². The van der Waals surface area contributed by atoms with Crippen LogP contribution in [0, 0.1) is 18.3 Å². The van der Waals surface area contributed by atoms with Crippen LogP contribution in [0.4, 0.5) is 11.5 Å². The van der Waals surface area contributed by atoms with Crippen LogP contribution in [0.5, 0.6) is 0 Å². The minimum atomic E-state index is -0.429. The number of hydrogen-bond donors (Lipinski definition) is 1. The number of nitrogens with one attached hydrogen (secondary N) is 1. The molecule has 2 amide bonds. The van der Waals surface area contributed by atoms with Crippen molar-refractivity contribution in [2.45, 2.75) is 32.6 Å². The topological polar surface area (TPSA) is 92.5 Å². The van der Waals surface area contributed by atoms with Gasteiger partial charge in [-0.15, -0.1) is 0 Å². The SMILES string of the molecule is C=NC[C@@]1(C2CC2)CCN(c2cc(C)nc(NC(=O)Cc3cccc(-c4cnn(C)c4)c3)c2)C1=O. The summed E-state index contributed by atoms with van der Waals surface area (Å²) < 4.78 is 1.75. The van der Waals surface area contributed by atoms with Gasteiger partial charge in [-0.2, -0.15) is 5.10 Å². The second-order valence-corrected chi connectivity index (χ2v) is 9.70. The molecule has 0 radical (unpaired) electrons. The number of nitrogens with zero attached hydrogens (tertiary/aromatic N) is 5. The van der Waals surface area contributed by atoms with Gasteiger partial charge >= 0.3 is 0 Å². The summed E-state index contributed by atoms with van der Waals surface area (Å²) in [4.78, 5) is 36.7. The zero-order valence-corrected chi connectivity index (χ0v) is 20.2. The van der Waals surface area contributed by atoms with E-state index in [9.17, 15) is 9.59 Å². The molecule has 8 heteroatoms. The number of benzene rings is 1. The molecule has 0 spiro atoms. The summed E-state index contributed by atoms with van der Waals surface area (Å²) in [5.74, 6) is 0.804. The lowest BCUT2D eigenvalue weighted by atomic mass is 9.81. The first-order chi connectivity index (χ1) is 16.9. The standard InChI is InChI=1S/C27H30N6O2/c1-18-11-23(33-10-9-27(17-28-2,26(33)35)22-7-8-22)14-24(30-18)31-25(34)13-19-5-4-6-20(12-19)21-15-29-32(3)16-21/h4-6,11-12,14-16,22H,2,7-10,13,17H2,1,3H3,(H,30,31,34)/t27-/m1/s1. The maximum Gasteiger partial charge on any atom is 0.235 e. The molecular formula is C27H30N6O2. The van der Waals surface area contributed by atoms with Crippen LogP contribution in [-0.2, 0) is 23.1 Å². The van der Waals surface area contributed by atoms with Gasteiger partial charge in [0, 0.05) is 42.8 Å². The lowest BCUT2D eigenvalue weighted by Gasteiger charge is -2.26. The third-order valence-corrected chi connectivity index (χ3v) is 7.05. The third-order valence-electron chi connectivity index (χ3n) is 7.05. The summed E-state index contributed by atoms with van der Waals surface area (Å²) >= 11 is 0. The highest BCUT2D eigenvalue weighted by molar-refractivity contribution is 6.01. The average molecular weight is 471 g/mol. The van der Waals surface area contributed by atoms with Gasteiger partial charge in [0.15, 0.2) is 0 Å². The molecule has 1 atom stereocenters. The Morgan fingerprint density at radius 3 is 2.80 bits per heavy atom. The van der Waals surface area contributed by atoms with E-state index in [0.717, 1.165) is 47.3 Å². The lowest BCUT2D eigenvalue weighted by molar-refractivity contribution is -0.126. The van der Waals surface area contributed by atoms with Crippen LogP contribution in [0.3, 0.4) is 0 Å². The molecule has 1 N–H and O–H groups in total. The fraction of sp³-hybridized carbons (Fsp3) is 0.370. The number of aromatic nitrogens is 3. The molecule has 1 saturated carbocycles. The highest BCUT2D eigenvalue weighted by Gasteiger charge is 2.55. The number of aryl methyl sites for hydroxylation is 2. The predicted molar refractivity (Wildman–Crippen MR) is 136 cm³/mol. The van der Waals surface area contributed by atoms with Crippen molar-refractivity contribution in [1.82, 2.24) is 14.8 Å². The number of anilines is 2. The molecule has 180 valence electrons. The molecule has 1 aliphatic heterocycles. The zero-order chi connectivity index (χ0) is 24.6. The normalized spacial score (nSPS) is 19.7.